The van der Waals surface area contributed by atoms with Gasteiger partial charge < -0.3 is 10.1 Å². The third-order valence-corrected chi connectivity index (χ3v) is 3.93. The molecule has 0 unspecified atom stereocenters. The fourth-order valence-corrected chi connectivity index (χ4v) is 3.07. The molecule has 6 heteroatoms. The molecule has 0 aromatic heterocycles. The number of cyclic esters (lactones) is 1. The van der Waals surface area contributed by atoms with E-state index in [2.05, 4.69) is 10.1 Å². The number of benzene rings is 1. The van der Waals surface area contributed by atoms with Gasteiger partial charge in [0.25, 0.3) is 0 Å². The lowest BCUT2D eigenvalue weighted by atomic mass is 10.00. The van der Waals surface area contributed by atoms with Gasteiger partial charge in [-0.1, -0.05) is 39.0 Å². The number of carbonyl (C=O) groups excluding carboxylic acids is 1. The smallest absolute Gasteiger partial charge is 0.408 e. The average Bonchev–Trinajstić information content (AvgIpc) is 2.31. The Morgan fingerprint density at radius 3 is 2.65 bits per heavy atom. The van der Waals surface area contributed by atoms with Crippen molar-refractivity contribution < 1.29 is 18.3 Å². The molecule has 1 aliphatic rings. The molecule has 1 aromatic rings. The van der Waals surface area contributed by atoms with Gasteiger partial charge in [0.15, 0.2) is 6.61 Å². The van der Waals surface area contributed by atoms with Gasteiger partial charge in [-0.3, -0.25) is 0 Å². The van der Waals surface area contributed by atoms with Gasteiger partial charge in [0.05, 0.1) is 0 Å². The highest BCUT2D eigenvalue weighted by atomic mass is 32.2. The summed E-state index contributed by atoms with van der Waals surface area (Å²) in [5.41, 5.74) is 0.425. The largest absolute Gasteiger partial charge is 0.443 e. The number of ether oxygens (including phenoxy) is 1. The minimum absolute atomic E-state index is 0.111. The van der Waals surface area contributed by atoms with Crippen LogP contribution in [0.4, 0.5) is 13.6 Å². The van der Waals surface area contributed by atoms with Gasteiger partial charge in [-0.25, -0.2) is 13.6 Å². The SMILES string of the molecule is CC(C)(C)Sc1ccccc1[C@H]1NC(=O)OCC1(F)F. The van der Waals surface area contributed by atoms with E-state index in [9.17, 15) is 13.6 Å². The van der Waals surface area contributed by atoms with Gasteiger partial charge in [-0.05, 0) is 11.6 Å². The van der Waals surface area contributed by atoms with Crippen LogP contribution in [0, 0.1) is 0 Å². The highest BCUT2D eigenvalue weighted by molar-refractivity contribution is 8.00. The van der Waals surface area contributed by atoms with Crippen LogP contribution in [0.5, 0.6) is 0 Å². The average molecular weight is 301 g/mol. The fraction of sp³-hybridized carbons (Fsp3) is 0.500. The summed E-state index contributed by atoms with van der Waals surface area (Å²) in [6.45, 7) is 5.14. The van der Waals surface area contributed by atoms with E-state index in [1.54, 1.807) is 24.3 Å². The molecule has 3 nitrogen and oxygen atoms in total. The van der Waals surface area contributed by atoms with Gasteiger partial charge in [-0.2, -0.15) is 0 Å². The first kappa shape index (κ1) is 15.1. The lowest BCUT2D eigenvalue weighted by molar-refractivity contribution is -0.104. The van der Waals surface area contributed by atoms with Crippen molar-refractivity contribution in [3.8, 4) is 0 Å². The van der Waals surface area contributed by atoms with E-state index in [4.69, 9.17) is 0 Å². The molecule has 0 saturated carbocycles. The molecule has 20 heavy (non-hydrogen) atoms. The number of hydrogen-bond acceptors (Lipinski definition) is 3. The van der Waals surface area contributed by atoms with Crippen LogP contribution in [0.3, 0.4) is 0 Å². The molecular weight excluding hydrogens is 284 g/mol. The lowest BCUT2D eigenvalue weighted by Crippen LogP contribution is -2.49. The number of carbonyl (C=O) groups is 1. The summed E-state index contributed by atoms with van der Waals surface area (Å²) < 4.78 is 32.3. The number of amides is 1. The normalized spacial score (nSPS) is 22.1. The molecule has 1 atom stereocenters. The number of nitrogens with one attached hydrogen (secondary N) is 1. The third-order valence-electron chi connectivity index (χ3n) is 2.73. The molecule has 1 saturated heterocycles. The molecule has 0 bridgehead atoms. The Kier molecular flexibility index (Phi) is 3.95. The molecule has 0 aliphatic carbocycles. The highest BCUT2D eigenvalue weighted by Crippen LogP contribution is 2.41. The topological polar surface area (TPSA) is 38.3 Å². The highest BCUT2D eigenvalue weighted by Gasteiger charge is 2.47. The number of alkyl carbamates (subject to hydrolysis) is 1. The summed E-state index contributed by atoms with van der Waals surface area (Å²) in [4.78, 5) is 12.0. The van der Waals surface area contributed by atoms with Crippen molar-refractivity contribution >= 4 is 17.9 Å². The maximum Gasteiger partial charge on any atom is 0.408 e. The molecule has 110 valence electrons. The molecule has 1 heterocycles. The maximum atomic E-state index is 14.0. The fourth-order valence-electron chi connectivity index (χ4n) is 1.96. The van der Waals surface area contributed by atoms with Crippen molar-refractivity contribution in [2.75, 3.05) is 6.61 Å². The Hall–Kier alpha value is -1.30. The van der Waals surface area contributed by atoms with Crippen molar-refractivity contribution in [2.45, 2.75) is 42.4 Å². The van der Waals surface area contributed by atoms with Crippen molar-refractivity contribution in [3.63, 3.8) is 0 Å². The van der Waals surface area contributed by atoms with E-state index < -0.39 is 24.7 Å². The number of rotatable bonds is 2. The van der Waals surface area contributed by atoms with Gasteiger partial charge in [0.1, 0.15) is 6.04 Å². The molecule has 1 amide bonds. The molecule has 1 fully saturated rings. The van der Waals surface area contributed by atoms with E-state index in [0.29, 0.717) is 5.56 Å². The van der Waals surface area contributed by atoms with E-state index in [1.165, 1.54) is 11.8 Å². The number of halogens is 2. The number of alkyl halides is 2. The van der Waals surface area contributed by atoms with Crippen molar-refractivity contribution in [1.29, 1.82) is 0 Å². The zero-order valence-corrected chi connectivity index (χ0v) is 12.4. The second kappa shape index (κ2) is 5.24. The predicted molar refractivity (Wildman–Crippen MR) is 74.2 cm³/mol. The van der Waals surface area contributed by atoms with Crippen LogP contribution in [0.15, 0.2) is 29.2 Å². The molecular formula is C14H17F2NO2S. The van der Waals surface area contributed by atoms with Gasteiger partial charge in [0, 0.05) is 9.64 Å². The van der Waals surface area contributed by atoms with E-state index in [0.717, 1.165) is 4.90 Å². The third kappa shape index (κ3) is 3.42. The monoisotopic (exact) mass is 301 g/mol. The first-order valence-corrected chi connectivity index (χ1v) is 7.10. The molecule has 0 spiro atoms. The van der Waals surface area contributed by atoms with Gasteiger partial charge in [0.2, 0.25) is 0 Å². The summed E-state index contributed by atoms with van der Waals surface area (Å²) in [5, 5.41) is 2.22. The van der Waals surface area contributed by atoms with Gasteiger partial charge in [-0.15, -0.1) is 11.8 Å². The van der Waals surface area contributed by atoms with Crippen LogP contribution in [0.1, 0.15) is 32.4 Å². The molecule has 1 aliphatic heterocycles. The van der Waals surface area contributed by atoms with E-state index >= 15 is 0 Å². The molecule has 1 aromatic carbocycles. The van der Waals surface area contributed by atoms with Crippen molar-refractivity contribution in [1.82, 2.24) is 5.32 Å². The quantitative estimate of drug-likeness (QED) is 0.839. The first-order chi connectivity index (χ1) is 9.19. The van der Waals surface area contributed by atoms with Crippen molar-refractivity contribution in [3.05, 3.63) is 29.8 Å². The first-order valence-electron chi connectivity index (χ1n) is 6.28. The Bertz CT molecular complexity index is 514. The standard InChI is InChI=1S/C14H17F2NO2S/c1-13(2,3)20-10-7-5-4-6-9(10)11-14(15,16)8-19-12(18)17-11/h4-7,11H,8H2,1-3H3,(H,17,18)/t11-/m1/s1. The summed E-state index contributed by atoms with van der Waals surface area (Å²) >= 11 is 1.50. The maximum absolute atomic E-state index is 14.0. The summed E-state index contributed by atoms with van der Waals surface area (Å²) in [5.74, 6) is -3.12. The summed E-state index contributed by atoms with van der Waals surface area (Å²) in [6.07, 6.45) is -0.809. The minimum atomic E-state index is -3.12. The molecule has 2 rings (SSSR count). The second-order valence-electron chi connectivity index (χ2n) is 5.67. The Labute approximate surface area is 121 Å². The van der Waals surface area contributed by atoms with E-state index in [-0.39, 0.29) is 4.75 Å². The van der Waals surface area contributed by atoms with E-state index in [1.807, 2.05) is 20.8 Å². The van der Waals surface area contributed by atoms with Crippen LogP contribution >= 0.6 is 11.8 Å². The number of thioether (sulfide) groups is 1. The number of hydrogen-bond donors (Lipinski definition) is 1. The Balaban J connectivity index is 2.38. The molecule has 1 N–H and O–H groups in total. The summed E-state index contributed by atoms with van der Waals surface area (Å²) in [6, 6.07) is 5.56. The van der Waals surface area contributed by atoms with Crippen molar-refractivity contribution in [2.24, 2.45) is 0 Å². The Morgan fingerprint density at radius 2 is 2.00 bits per heavy atom. The summed E-state index contributed by atoms with van der Waals surface area (Å²) in [7, 11) is 0. The van der Waals surface area contributed by atoms with Crippen LogP contribution < -0.4 is 5.32 Å². The van der Waals surface area contributed by atoms with Gasteiger partial charge >= 0.3 is 12.0 Å². The van der Waals surface area contributed by atoms with Crippen LogP contribution in [0.25, 0.3) is 0 Å². The zero-order valence-electron chi connectivity index (χ0n) is 11.6. The van der Waals surface area contributed by atoms with Crippen LogP contribution in [0.2, 0.25) is 0 Å². The Morgan fingerprint density at radius 1 is 1.35 bits per heavy atom. The second-order valence-corrected chi connectivity index (χ2v) is 7.54. The van der Waals surface area contributed by atoms with Crippen LogP contribution in [-0.4, -0.2) is 23.4 Å². The minimum Gasteiger partial charge on any atom is -0.443 e. The molecule has 0 radical (unpaired) electrons. The lowest BCUT2D eigenvalue weighted by Gasteiger charge is -2.33. The zero-order chi connectivity index (χ0) is 15.0. The van der Waals surface area contributed by atoms with Crippen LogP contribution in [-0.2, 0) is 4.74 Å². The predicted octanol–water partition coefficient (Wildman–Crippen LogP) is 3.99.